The summed E-state index contributed by atoms with van der Waals surface area (Å²) in [6.07, 6.45) is 2.73. The molecule has 3 aromatic rings. The molecule has 0 saturated heterocycles. The second-order valence-corrected chi connectivity index (χ2v) is 5.71. The smallest absolute Gasteiger partial charge is 0.334 e. The van der Waals surface area contributed by atoms with Crippen LogP contribution >= 0.6 is 15.9 Å². The minimum Gasteiger partial charge on any atom is -0.334 e. The fourth-order valence-electron chi connectivity index (χ4n) is 1.98. The second-order valence-electron chi connectivity index (χ2n) is 4.80. The van der Waals surface area contributed by atoms with Gasteiger partial charge in [-0.05, 0) is 52.3 Å². The molecule has 0 aliphatic rings. The van der Waals surface area contributed by atoms with Gasteiger partial charge < -0.3 is 10.6 Å². The SMILES string of the molecule is O=[N+]([O-])c1c(Nc2ccc(F)cc2)ncnc1Nc1ccc(Br)cn1. The van der Waals surface area contributed by atoms with E-state index in [4.69, 9.17) is 0 Å². The lowest BCUT2D eigenvalue weighted by Gasteiger charge is -2.09. The summed E-state index contributed by atoms with van der Waals surface area (Å²) in [6.45, 7) is 0. The van der Waals surface area contributed by atoms with Gasteiger partial charge in [0.25, 0.3) is 0 Å². The zero-order valence-corrected chi connectivity index (χ0v) is 14.1. The first-order valence-electron chi connectivity index (χ1n) is 6.93. The van der Waals surface area contributed by atoms with E-state index >= 15 is 0 Å². The molecule has 1 aromatic carbocycles. The Kier molecular flexibility index (Phi) is 4.80. The Morgan fingerprint density at radius 2 is 1.68 bits per heavy atom. The van der Waals surface area contributed by atoms with E-state index in [2.05, 4.69) is 41.5 Å². The van der Waals surface area contributed by atoms with E-state index < -0.39 is 10.7 Å². The summed E-state index contributed by atoms with van der Waals surface area (Å²) in [5, 5.41) is 17.1. The Labute approximate surface area is 149 Å². The molecule has 0 unspecified atom stereocenters. The molecule has 126 valence electrons. The molecule has 0 atom stereocenters. The Balaban J connectivity index is 1.94. The molecule has 0 aliphatic heterocycles. The van der Waals surface area contributed by atoms with Crippen molar-refractivity contribution in [3.8, 4) is 0 Å². The van der Waals surface area contributed by atoms with E-state index in [0.717, 1.165) is 4.47 Å². The third-order valence-corrected chi connectivity index (χ3v) is 3.55. The minimum atomic E-state index is -0.604. The van der Waals surface area contributed by atoms with Crippen molar-refractivity contribution < 1.29 is 9.31 Å². The highest BCUT2D eigenvalue weighted by Gasteiger charge is 2.23. The number of rotatable bonds is 5. The van der Waals surface area contributed by atoms with E-state index in [1.807, 2.05) is 0 Å². The standard InChI is InChI=1S/C15H10BrFN6O2/c16-9-1-6-12(18-7-9)22-15-13(23(24)25)14(19-8-20-15)21-11-4-2-10(17)3-5-11/h1-8H,(H2,18,19,20,21,22). The number of hydrogen-bond donors (Lipinski definition) is 2. The Morgan fingerprint density at radius 1 is 1.00 bits per heavy atom. The quantitative estimate of drug-likeness (QED) is 0.485. The fourth-order valence-corrected chi connectivity index (χ4v) is 2.21. The Morgan fingerprint density at radius 3 is 2.28 bits per heavy atom. The van der Waals surface area contributed by atoms with Crippen LogP contribution < -0.4 is 10.6 Å². The number of benzene rings is 1. The van der Waals surface area contributed by atoms with Gasteiger partial charge in [-0.3, -0.25) is 10.1 Å². The first-order valence-corrected chi connectivity index (χ1v) is 7.73. The molecule has 0 bridgehead atoms. The second kappa shape index (κ2) is 7.18. The third-order valence-electron chi connectivity index (χ3n) is 3.09. The van der Waals surface area contributed by atoms with Crippen LogP contribution in [-0.2, 0) is 0 Å². The van der Waals surface area contributed by atoms with E-state index in [1.54, 1.807) is 18.3 Å². The predicted molar refractivity (Wildman–Crippen MR) is 93.6 cm³/mol. The van der Waals surface area contributed by atoms with Crippen LogP contribution in [-0.4, -0.2) is 19.9 Å². The maximum absolute atomic E-state index is 13.0. The van der Waals surface area contributed by atoms with Crippen LogP contribution in [0.4, 0.5) is 33.2 Å². The summed E-state index contributed by atoms with van der Waals surface area (Å²) in [4.78, 5) is 22.8. The van der Waals surface area contributed by atoms with Crippen LogP contribution in [0.5, 0.6) is 0 Å². The van der Waals surface area contributed by atoms with E-state index in [-0.39, 0.29) is 17.3 Å². The van der Waals surface area contributed by atoms with E-state index in [0.29, 0.717) is 11.5 Å². The van der Waals surface area contributed by atoms with E-state index in [9.17, 15) is 14.5 Å². The maximum Gasteiger partial charge on any atom is 0.353 e. The number of halogens is 2. The Bertz CT molecular complexity index is 839. The number of nitrogens with one attached hydrogen (secondary N) is 2. The molecule has 25 heavy (non-hydrogen) atoms. The van der Waals surface area contributed by atoms with Gasteiger partial charge in [0.1, 0.15) is 18.0 Å². The summed E-state index contributed by atoms with van der Waals surface area (Å²) >= 11 is 3.26. The van der Waals surface area contributed by atoms with Gasteiger partial charge in [0, 0.05) is 16.4 Å². The average Bonchev–Trinajstić information content (AvgIpc) is 2.59. The number of pyridine rings is 1. The lowest BCUT2D eigenvalue weighted by Crippen LogP contribution is -2.06. The molecule has 0 saturated carbocycles. The van der Waals surface area contributed by atoms with Crippen LogP contribution in [0.3, 0.4) is 0 Å². The van der Waals surface area contributed by atoms with Gasteiger partial charge in [0.2, 0.25) is 11.6 Å². The summed E-state index contributed by atoms with van der Waals surface area (Å²) in [6, 6.07) is 8.75. The lowest BCUT2D eigenvalue weighted by molar-refractivity contribution is -0.383. The number of hydrogen-bond acceptors (Lipinski definition) is 7. The molecule has 0 aliphatic carbocycles. The monoisotopic (exact) mass is 404 g/mol. The zero-order valence-electron chi connectivity index (χ0n) is 12.5. The van der Waals surface area contributed by atoms with Crippen molar-refractivity contribution in [3.05, 3.63) is 69.3 Å². The molecular weight excluding hydrogens is 395 g/mol. The highest BCUT2D eigenvalue weighted by atomic mass is 79.9. The summed E-state index contributed by atoms with van der Waals surface area (Å²) in [5.74, 6) is -0.0604. The van der Waals surface area contributed by atoms with Crippen molar-refractivity contribution in [3.63, 3.8) is 0 Å². The summed E-state index contributed by atoms with van der Waals surface area (Å²) in [5.41, 5.74) is 0.104. The van der Waals surface area contributed by atoms with Crippen molar-refractivity contribution >= 4 is 44.8 Å². The van der Waals surface area contributed by atoms with Crippen LogP contribution in [0.25, 0.3) is 0 Å². The molecule has 2 aromatic heterocycles. The highest BCUT2D eigenvalue weighted by Crippen LogP contribution is 2.32. The fraction of sp³-hybridized carbons (Fsp3) is 0. The molecule has 0 radical (unpaired) electrons. The largest absolute Gasteiger partial charge is 0.353 e. The van der Waals surface area contributed by atoms with Crippen molar-refractivity contribution in [2.24, 2.45) is 0 Å². The van der Waals surface area contributed by atoms with Gasteiger partial charge in [0.15, 0.2) is 0 Å². The van der Waals surface area contributed by atoms with Gasteiger partial charge in [-0.1, -0.05) is 0 Å². The highest BCUT2D eigenvalue weighted by molar-refractivity contribution is 9.10. The number of anilines is 4. The van der Waals surface area contributed by atoms with Crippen LogP contribution in [0, 0.1) is 15.9 Å². The first-order chi connectivity index (χ1) is 12.0. The van der Waals surface area contributed by atoms with Gasteiger partial charge in [-0.2, -0.15) is 0 Å². The molecule has 8 nitrogen and oxygen atoms in total. The van der Waals surface area contributed by atoms with Crippen LogP contribution in [0.1, 0.15) is 0 Å². The molecule has 0 amide bonds. The zero-order chi connectivity index (χ0) is 17.8. The third kappa shape index (κ3) is 4.04. The number of nitro groups is 1. The number of nitrogens with zero attached hydrogens (tertiary/aromatic N) is 4. The molecule has 3 rings (SSSR count). The van der Waals surface area contributed by atoms with Gasteiger partial charge in [-0.25, -0.2) is 19.3 Å². The first kappa shape index (κ1) is 16.7. The van der Waals surface area contributed by atoms with Crippen LogP contribution in [0.2, 0.25) is 0 Å². The van der Waals surface area contributed by atoms with Crippen molar-refractivity contribution in [2.75, 3.05) is 10.6 Å². The molecule has 0 spiro atoms. The Hall–Kier alpha value is -3.14. The van der Waals surface area contributed by atoms with Crippen molar-refractivity contribution in [1.29, 1.82) is 0 Å². The van der Waals surface area contributed by atoms with Crippen molar-refractivity contribution in [1.82, 2.24) is 15.0 Å². The molecule has 2 N–H and O–H groups in total. The molecule has 10 heteroatoms. The molecule has 0 fully saturated rings. The predicted octanol–water partition coefficient (Wildman–Crippen LogP) is 4.17. The van der Waals surface area contributed by atoms with Gasteiger partial charge in [-0.15, -0.1) is 0 Å². The number of aromatic nitrogens is 3. The topological polar surface area (TPSA) is 106 Å². The van der Waals surface area contributed by atoms with E-state index in [1.165, 1.54) is 30.6 Å². The molecule has 2 heterocycles. The van der Waals surface area contributed by atoms with Crippen molar-refractivity contribution in [2.45, 2.75) is 0 Å². The van der Waals surface area contributed by atoms with Gasteiger partial charge >= 0.3 is 5.69 Å². The van der Waals surface area contributed by atoms with Gasteiger partial charge in [0.05, 0.1) is 4.92 Å². The molecular formula is C15H10BrFN6O2. The lowest BCUT2D eigenvalue weighted by atomic mass is 10.3. The maximum atomic E-state index is 13.0. The average molecular weight is 405 g/mol. The normalized spacial score (nSPS) is 10.3. The summed E-state index contributed by atoms with van der Waals surface area (Å²) < 4.78 is 13.8. The summed E-state index contributed by atoms with van der Waals surface area (Å²) in [7, 11) is 0. The minimum absolute atomic E-state index is 0.0144. The van der Waals surface area contributed by atoms with Crippen LogP contribution in [0.15, 0.2) is 53.4 Å².